The number of para-hydroxylation sites is 1. The first kappa shape index (κ1) is 12.2. The van der Waals surface area contributed by atoms with Crippen molar-refractivity contribution in [3.05, 3.63) is 35.5 Å². The van der Waals surface area contributed by atoms with Crippen molar-refractivity contribution < 1.29 is 0 Å². The maximum Gasteiger partial charge on any atom is 0.0659 e. The Kier molecular flexibility index (Phi) is 2.62. The van der Waals surface area contributed by atoms with E-state index >= 15 is 0 Å². The molecular formula is C15H19BrN2. The van der Waals surface area contributed by atoms with Gasteiger partial charge >= 0.3 is 0 Å². The monoisotopic (exact) mass is 306 g/mol. The first-order chi connectivity index (χ1) is 8.48. The third-order valence-electron chi connectivity index (χ3n) is 4.12. The van der Waals surface area contributed by atoms with Gasteiger partial charge in [0.2, 0.25) is 0 Å². The van der Waals surface area contributed by atoms with Crippen molar-refractivity contribution >= 4 is 26.8 Å². The standard InChI is InChI=1S/C15H19BrN2/c1-14(2)9-17-15(3,8-16)13-12(14)10-6-4-5-7-11(10)18-13/h4-7,17-18H,8-9H2,1-3H3. The molecule has 0 bridgehead atoms. The van der Waals surface area contributed by atoms with Crippen LogP contribution in [0.4, 0.5) is 0 Å². The fourth-order valence-corrected chi connectivity index (χ4v) is 3.44. The number of nitrogens with one attached hydrogen (secondary N) is 2. The van der Waals surface area contributed by atoms with Gasteiger partial charge in [-0.1, -0.05) is 48.0 Å². The van der Waals surface area contributed by atoms with Crippen LogP contribution in [0.15, 0.2) is 24.3 Å². The zero-order chi connectivity index (χ0) is 13.0. The molecule has 0 saturated heterocycles. The SMILES string of the molecule is CC1(C)CNC(C)(CBr)c2[nH]c3ccccc3c21. The van der Waals surface area contributed by atoms with Gasteiger partial charge in [0.25, 0.3) is 0 Å². The van der Waals surface area contributed by atoms with Crippen LogP contribution >= 0.6 is 15.9 Å². The molecule has 1 aromatic carbocycles. The fourth-order valence-electron chi connectivity index (χ4n) is 2.97. The lowest BCUT2D eigenvalue weighted by Crippen LogP contribution is -2.52. The van der Waals surface area contributed by atoms with Crippen LogP contribution in [-0.2, 0) is 11.0 Å². The number of hydrogen-bond acceptors (Lipinski definition) is 1. The summed E-state index contributed by atoms with van der Waals surface area (Å²) in [7, 11) is 0. The van der Waals surface area contributed by atoms with Crippen molar-refractivity contribution in [3.63, 3.8) is 0 Å². The van der Waals surface area contributed by atoms with E-state index < -0.39 is 0 Å². The summed E-state index contributed by atoms with van der Waals surface area (Å²) < 4.78 is 0. The second kappa shape index (κ2) is 3.84. The Balaban J connectivity index is 2.37. The number of aromatic nitrogens is 1. The zero-order valence-corrected chi connectivity index (χ0v) is 12.7. The highest BCUT2D eigenvalue weighted by Gasteiger charge is 2.41. The van der Waals surface area contributed by atoms with E-state index in [2.05, 4.69) is 71.3 Å². The number of benzene rings is 1. The topological polar surface area (TPSA) is 27.8 Å². The Bertz CT molecular complexity index is 600. The lowest BCUT2D eigenvalue weighted by Gasteiger charge is -2.41. The van der Waals surface area contributed by atoms with Crippen LogP contribution in [-0.4, -0.2) is 16.9 Å². The molecule has 1 atom stereocenters. The third-order valence-corrected chi connectivity index (χ3v) is 5.24. The van der Waals surface area contributed by atoms with Crippen LogP contribution in [0, 0.1) is 0 Å². The molecule has 0 amide bonds. The number of alkyl halides is 1. The minimum Gasteiger partial charge on any atom is -0.357 e. The van der Waals surface area contributed by atoms with E-state index in [0.717, 1.165) is 11.9 Å². The predicted molar refractivity (Wildman–Crippen MR) is 80.5 cm³/mol. The average Bonchev–Trinajstić information content (AvgIpc) is 2.76. The van der Waals surface area contributed by atoms with Crippen molar-refractivity contribution in [3.8, 4) is 0 Å². The van der Waals surface area contributed by atoms with Gasteiger partial charge in [-0.3, -0.25) is 0 Å². The van der Waals surface area contributed by atoms with Crippen LogP contribution in [0.25, 0.3) is 10.9 Å². The summed E-state index contributed by atoms with van der Waals surface area (Å²) in [6.07, 6.45) is 0. The third kappa shape index (κ3) is 1.57. The van der Waals surface area contributed by atoms with Crippen molar-refractivity contribution in [2.24, 2.45) is 0 Å². The zero-order valence-electron chi connectivity index (χ0n) is 11.1. The highest BCUT2D eigenvalue weighted by Crippen LogP contribution is 2.42. The molecule has 0 spiro atoms. The quantitative estimate of drug-likeness (QED) is 0.773. The lowest BCUT2D eigenvalue weighted by atomic mass is 9.75. The van der Waals surface area contributed by atoms with Crippen molar-refractivity contribution in [1.29, 1.82) is 0 Å². The van der Waals surface area contributed by atoms with Crippen LogP contribution in [0.5, 0.6) is 0 Å². The van der Waals surface area contributed by atoms with Crippen molar-refractivity contribution in [2.75, 3.05) is 11.9 Å². The van der Waals surface area contributed by atoms with Crippen LogP contribution < -0.4 is 5.32 Å². The molecule has 0 aliphatic carbocycles. The van der Waals surface area contributed by atoms with Gasteiger partial charge in [-0.2, -0.15) is 0 Å². The number of H-pyrrole nitrogens is 1. The summed E-state index contributed by atoms with van der Waals surface area (Å²) in [6.45, 7) is 7.88. The minimum absolute atomic E-state index is 0.0100. The predicted octanol–water partition coefficient (Wildman–Crippen LogP) is 3.66. The van der Waals surface area contributed by atoms with Gasteiger partial charge in [0.1, 0.15) is 0 Å². The van der Waals surface area contributed by atoms with E-state index in [9.17, 15) is 0 Å². The summed E-state index contributed by atoms with van der Waals surface area (Å²) in [5.74, 6) is 0. The van der Waals surface area contributed by atoms with E-state index in [4.69, 9.17) is 0 Å². The first-order valence-corrected chi connectivity index (χ1v) is 7.53. The molecule has 3 rings (SSSR count). The largest absolute Gasteiger partial charge is 0.357 e. The van der Waals surface area contributed by atoms with E-state index in [1.807, 2.05) is 0 Å². The van der Waals surface area contributed by atoms with Crippen LogP contribution in [0.2, 0.25) is 0 Å². The molecule has 2 N–H and O–H groups in total. The molecule has 18 heavy (non-hydrogen) atoms. The first-order valence-electron chi connectivity index (χ1n) is 6.41. The summed E-state index contributed by atoms with van der Waals surface area (Å²) >= 11 is 3.65. The van der Waals surface area contributed by atoms with Gasteiger partial charge in [0.15, 0.2) is 0 Å². The van der Waals surface area contributed by atoms with Crippen molar-refractivity contribution in [2.45, 2.75) is 31.7 Å². The molecule has 1 unspecified atom stereocenters. The van der Waals surface area contributed by atoms with E-state index in [1.165, 1.54) is 22.2 Å². The number of fused-ring (bicyclic) bond motifs is 3. The van der Waals surface area contributed by atoms with Crippen LogP contribution in [0.1, 0.15) is 32.0 Å². The summed E-state index contributed by atoms with van der Waals surface area (Å²) in [5.41, 5.74) is 4.20. The van der Waals surface area contributed by atoms with Gasteiger partial charge in [-0.05, 0) is 18.6 Å². The van der Waals surface area contributed by atoms with Gasteiger partial charge in [-0.25, -0.2) is 0 Å². The number of halogens is 1. The molecule has 0 saturated carbocycles. The Morgan fingerprint density at radius 3 is 2.67 bits per heavy atom. The Hall–Kier alpha value is -0.800. The molecular weight excluding hydrogens is 288 g/mol. The molecule has 2 heterocycles. The highest BCUT2D eigenvalue weighted by molar-refractivity contribution is 9.09. The molecule has 2 aromatic rings. The molecule has 1 aromatic heterocycles. The number of hydrogen-bond donors (Lipinski definition) is 2. The maximum atomic E-state index is 3.67. The molecule has 2 nitrogen and oxygen atoms in total. The second-order valence-electron chi connectivity index (χ2n) is 6.12. The summed E-state index contributed by atoms with van der Waals surface area (Å²) in [6, 6.07) is 8.61. The summed E-state index contributed by atoms with van der Waals surface area (Å²) in [5, 5.41) is 5.95. The van der Waals surface area contributed by atoms with Gasteiger partial charge in [0, 0.05) is 33.9 Å². The van der Waals surface area contributed by atoms with Gasteiger partial charge in [-0.15, -0.1) is 0 Å². The smallest absolute Gasteiger partial charge is 0.0659 e. The van der Waals surface area contributed by atoms with E-state index in [1.54, 1.807) is 0 Å². The summed E-state index contributed by atoms with van der Waals surface area (Å²) in [4.78, 5) is 3.62. The normalized spacial score (nSPS) is 26.2. The molecule has 1 aliphatic rings. The van der Waals surface area contributed by atoms with Gasteiger partial charge < -0.3 is 10.3 Å². The molecule has 3 heteroatoms. The second-order valence-corrected chi connectivity index (χ2v) is 6.68. The Morgan fingerprint density at radius 2 is 1.94 bits per heavy atom. The molecule has 1 aliphatic heterocycles. The van der Waals surface area contributed by atoms with E-state index in [0.29, 0.717) is 0 Å². The Morgan fingerprint density at radius 1 is 1.22 bits per heavy atom. The lowest BCUT2D eigenvalue weighted by molar-refractivity contribution is 0.310. The molecule has 0 fully saturated rings. The maximum absolute atomic E-state index is 3.67. The fraction of sp³-hybridized carbons (Fsp3) is 0.467. The van der Waals surface area contributed by atoms with E-state index in [-0.39, 0.29) is 11.0 Å². The minimum atomic E-state index is -0.0100. The Labute approximate surface area is 116 Å². The molecule has 0 radical (unpaired) electrons. The number of rotatable bonds is 1. The highest BCUT2D eigenvalue weighted by atomic mass is 79.9. The van der Waals surface area contributed by atoms with Crippen molar-refractivity contribution in [1.82, 2.24) is 10.3 Å². The number of aromatic amines is 1. The molecule has 96 valence electrons. The average molecular weight is 307 g/mol. The van der Waals surface area contributed by atoms with Crippen LogP contribution in [0.3, 0.4) is 0 Å². The van der Waals surface area contributed by atoms with Gasteiger partial charge in [0.05, 0.1) is 5.54 Å².